The van der Waals surface area contributed by atoms with Crippen LogP contribution < -0.4 is 5.32 Å². The van der Waals surface area contributed by atoms with Gasteiger partial charge in [-0.25, -0.2) is 14.2 Å². The van der Waals surface area contributed by atoms with Gasteiger partial charge in [-0.15, -0.1) is 0 Å². The second-order valence-electron chi connectivity index (χ2n) is 4.16. The Morgan fingerprint density at radius 3 is 2.95 bits per heavy atom. The maximum atomic E-state index is 13.8. The highest BCUT2D eigenvalue weighted by molar-refractivity contribution is 5.94. The smallest absolute Gasteiger partial charge is 0.341 e. The molecule has 1 heterocycles. The Labute approximate surface area is 121 Å². The van der Waals surface area contributed by atoms with Crippen molar-refractivity contribution in [2.45, 2.75) is 6.54 Å². The van der Waals surface area contributed by atoms with E-state index in [0.717, 1.165) is 6.07 Å². The average Bonchev–Trinajstić information content (AvgIpc) is 2.53. The van der Waals surface area contributed by atoms with Crippen LogP contribution in [0.15, 0.2) is 36.5 Å². The molecule has 21 heavy (non-hydrogen) atoms. The number of benzene rings is 1. The van der Waals surface area contributed by atoms with Crippen LogP contribution in [0.3, 0.4) is 0 Å². The number of carbonyl (C=O) groups is 1. The summed E-state index contributed by atoms with van der Waals surface area (Å²) < 4.78 is 18.4. The molecule has 0 saturated heterocycles. The number of methoxy groups -OCH3 is 1. The van der Waals surface area contributed by atoms with Crippen molar-refractivity contribution in [3.05, 3.63) is 59.0 Å². The van der Waals surface area contributed by atoms with Crippen molar-refractivity contribution in [3.8, 4) is 6.07 Å². The van der Waals surface area contributed by atoms with E-state index in [-0.39, 0.29) is 17.7 Å². The van der Waals surface area contributed by atoms with Crippen LogP contribution in [0.25, 0.3) is 0 Å². The number of hydrogen-bond donors (Lipinski definition) is 1. The second-order valence-corrected chi connectivity index (χ2v) is 4.16. The maximum Gasteiger partial charge on any atom is 0.341 e. The number of anilines is 1. The van der Waals surface area contributed by atoms with Crippen LogP contribution >= 0.6 is 0 Å². The Morgan fingerprint density at radius 2 is 2.29 bits per heavy atom. The van der Waals surface area contributed by atoms with Crippen molar-refractivity contribution in [2.75, 3.05) is 12.4 Å². The van der Waals surface area contributed by atoms with Gasteiger partial charge in [-0.3, -0.25) is 0 Å². The van der Waals surface area contributed by atoms with E-state index in [2.05, 4.69) is 15.0 Å². The van der Waals surface area contributed by atoms with Crippen molar-refractivity contribution in [1.82, 2.24) is 4.98 Å². The summed E-state index contributed by atoms with van der Waals surface area (Å²) >= 11 is 0. The minimum absolute atomic E-state index is 0.137. The van der Waals surface area contributed by atoms with E-state index in [4.69, 9.17) is 5.26 Å². The van der Waals surface area contributed by atoms with Crippen LogP contribution in [0.4, 0.5) is 10.2 Å². The maximum absolute atomic E-state index is 13.8. The molecular weight excluding hydrogens is 273 g/mol. The molecule has 106 valence electrons. The van der Waals surface area contributed by atoms with Crippen molar-refractivity contribution in [1.29, 1.82) is 5.26 Å². The Balaban J connectivity index is 2.17. The van der Waals surface area contributed by atoms with Crippen LogP contribution in [-0.2, 0) is 11.3 Å². The van der Waals surface area contributed by atoms with Crippen LogP contribution in [-0.4, -0.2) is 18.1 Å². The molecule has 0 aliphatic carbocycles. The first-order chi connectivity index (χ1) is 10.2. The SMILES string of the molecule is COC(=O)c1cccnc1NCc1ccc(C#N)cc1F. The summed E-state index contributed by atoms with van der Waals surface area (Å²) in [6, 6.07) is 9.25. The van der Waals surface area contributed by atoms with Crippen molar-refractivity contribution < 1.29 is 13.9 Å². The van der Waals surface area contributed by atoms with E-state index in [9.17, 15) is 9.18 Å². The minimum atomic E-state index is -0.522. The van der Waals surface area contributed by atoms with Crippen molar-refractivity contribution in [2.24, 2.45) is 0 Å². The first-order valence-corrected chi connectivity index (χ1v) is 6.11. The third-order valence-corrected chi connectivity index (χ3v) is 2.84. The molecule has 0 saturated carbocycles. The molecule has 0 unspecified atom stereocenters. The number of ether oxygens (including phenoxy) is 1. The summed E-state index contributed by atoms with van der Waals surface area (Å²) in [4.78, 5) is 15.6. The second kappa shape index (κ2) is 6.48. The van der Waals surface area contributed by atoms with E-state index in [1.807, 2.05) is 6.07 Å². The predicted molar refractivity (Wildman–Crippen MR) is 74.0 cm³/mol. The number of nitrogens with one attached hydrogen (secondary N) is 1. The molecule has 0 spiro atoms. The Morgan fingerprint density at radius 1 is 1.48 bits per heavy atom. The monoisotopic (exact) mass is 285 g/mol. The molecule has 6 heteroatoms. The molecule has 0 aliphatic heterocycles. The molecule has 2 rings (SSSR count). The van der Waals surface area contributed by atoms with E-state index >= 15 is 0 Å². The Bertz CT molecular complexity index is 710. The lowest BCUT2D eigenvalue weighted by Gasteiger charge is -2.10. The quantitative estimate of drug-likeness (QED) is 0.873. The number of halogens is 1. The topological polar surface area (TPSA) is 75.0 Å². The van der Waals surface area contributed by atoms with Gasteiger partial charge < -0.3 is 10.1 Å². The van der Waals surface area contributed by atoms with Gasteiger partial charge >= 0.3 is 5.97 Å². The first kappa shape index (κ1) is 14.5. The zero-order valence-corrected chi connectivity index (χ0v) is 11.3. The number of rotatable bonds is 4. The van der Waals surface area contributed by atoms with Gasteiger partial charge in [0.1, 0.15) is 17.2 Å². The van der Waals surface area contributed by atoms with Gasteiger partial charge in [-0.2, -0.15) is 5.26 Å². The zero-order chi connectivity index (χ0) is 15.2. The lowest BCUT2D eigenvalue weighted by Crippen LogP contribution is -2.10. The average molecular weight is 285 g/mol. The Hall–Kier alpha value is -2.94. The van der Waals surface area contributed by atoms with Crippen LogP contribution in [0.1, 0.15) is 21.5 Å². The minimum Gasteiger partial charge on any atom is -0.465 e. The van der Waals surface area contributed by atoms with Gasteiger partial charge in [0.2, 0.25) is 0 Å². The van der Waals surface area contributed by atoms with Gasteiger partial charge in [-0.1, -0.05) is 6.07 Å². The lowest BCUT2D eigenvalue weighted by molar-refractivity contribution is 0.0601. The molecule has 0 bridgehead atoms. The normalized spacial score (nSPS) is 9.76. The van der Waals surface area contributed by atoms with Gasteiger partial charge in [0, 0.05) is 18.3 Å². The first-order valence-electron chi connectivity index (χ1n) is 6.11. The van der Waals surface area contributed by atoms with Gasteiger partial charge in [0.15, 0.2) is 0 Å². The lowest BCUT2D eigenvalue weighted by atomic mass is 10.1. The summed E-state index contributed by atoms with van der Waals surface area (Å²) in [6.45, 7) is 0.137. The molecule has 1 N–H and O–H groups in total. The fourth-order valence-electron chi connectivity index (χ4n) is 1.76. The number of carbonyl (C=O) groups excluding carboxylic acids is 1. The number of nitrogens with zero attached hydrogens (tertiary/aromatic N) is 2. The fourth-order valence-corrected chi connectivity index (χ4v) is 1.76. The van der Waals surface area contributed by atoms with E-state index in [0.29, 0.717) is 11.4 Å². The van der Waals surface area contributed by atoms with Crippen LogP contribution in [0.5, 0.6) is 0 Å². The number of hydrogen-bond acceptors (Lipinski definition) is 5. The largest absolute Gasteiger partial charge is 0.465 e. The van der Waals surface area contributed by atoms with E-state index < -0.39 is 11.8 Å². The summed E-state index contributed by atoms with van der Waals surface area (Å²) in [6.07, 6.45) is 1.52. The third kappa shape index (κ3) is 3.34. The third-order valence-electron chi connectivity index (χ3n) is 2.84. The van der Waals surface area contributed by atoms with E-state index in [1.165, 1.54) is 25.4 Å². The Kier molecular flexibility index (Phi) is 4.46. The highest BCUT2D eigenvalue weighted by Crippen LogP contribution is 2.16. The highest BCUT2D eigenvalue weighted by atomic mass is 19.1. The molecule has 2 aromatic rings. The van der Waals surface area contributed by atoms with Crippen LogP contribution in [0, 0.1) is 17.1 Å². The van der Waals surface area contributed by atoms with Crippen molar-refractivity contribution >= 4 is 11.8 Å². The summed E-state index contributed by atoms with van der Waals surface area (Å²) in [5.41, 5.74) is 0.897. The van der Waals surface area contributed by atoms with Gasteiger partial charge in [0.25, 0.3) is 0 Å². The zero-order valence-electron chi connectivity index (χ0n) is 11.3. The van der Waals surface area contributed by atoms with Crippen LogP contribution in [0.2, 0.25) is 0 Å². The fraction of sp³-hybridized carbons (Fsp3) is 0.133. The molecule has 1 aromatic carbocycles. The highest BCUT2D eigenvalue weighted by Gasteiger charge is 2.12. The molecule has 0 atom stereocenters. The molecule has 5 nitrogen and oxygen atoms in total. The van der Waals surface area contributed by atoms with Gasteiger partial charge in [-0.05, 0) is 24.3 Å². The summed E-state index contributed by atoms with van der Waals surface area (Å²) in [5.74, 6) is -0.698. The predicted octanol–water partition coefficient (Wildman–Crippen LogP) is 2.49. The number of pyridine rings is 1. The standard InChI is InChI=1S/C15H12FN3O2/c1-21-15(20)12-3-2-6-18-14(12)19-9-11-5-4-10(8-17)7-13(11)16/h2-7H,9H2,1H3,(H,18,19). The summed E-state index contributed by atoms with van der Waals surface area (Å²) in [7, 11) is 1.28. The van der Waals surface area contributed by atoms with Crippen molar-refractivity contribution in [3.63, 3.8) is 0 Å². The van der Waals surface area contributed by atoms with E-state index in [1.54, 1.807) is 12.1 Å². The summed E-state index contributed by atoms with van der Waals surface area (Å²) in [5, 5.41) is 11.6. The van der Waals surface area contributed by atoms with Gasteiger partial charge in [0.05, 0.1) is 18.7 Å². The number of esters is 1. The molecule has 1 aromatic heterocycles. The molecular formula is C15H12FN3O2. The molecule has 0 aliphatic rings. The molecule has 0 radical (unpaired) electrons. The molecule has 0 fully saturated rings. The number of nitriles is 1. The number of aromatic nitrogens is 1. The molecule has 0 amide bonds.